The fourth-order valence-electron chi connectivity index (χ4n) is 3.82. The third-order valence-corrected chi connectivity index (χ3v) is 5.43. The van der Waals surface area contributed by atoms with Crippen LogP contribution in [0, 0.1) is 17.2 Å². The van der Waals surface area contributed by atoms with Crippen LogP contribution in [0.1, 0.15) is 38.2 Å². The maximum Gasteiger partial charge on any atom is 0.326 e. The number of ether oxygens (including phenoxy) is 1. The molecule has 1 saturated heterocycles. The molecule has 2 fully saturated rings. The zero-order valence-electron chi connectivity index (χ0n) is 16.1. The minimum absolute atomic E-state index is 0.0105. The summed E-state index contributed by atoms with van der Waals surface area (Å²) in [5.74, 6) is -1.87. The molecule has 1 heterocycles. The Balaban J connectivity index is 1.52. The van der Waals surface area contributed by atoms with Gasteiger partial charge in [-0.15, -0.1) is 0 Å². The highest BCUT2D eigenvalue weighted by Crippen LogP contribution is 2.38. The van der Waals surface area contributed by atoms with E-state index in [9.17, 15) is 19.2 Å². The van der Waals surface area contributed by atoms with Crippen LogP contribution < -0.4 is 10.6 Å². The molecule has 1 aliphatic carbocycles. The molecule has 0 bridgehead atoms. The maximum absolute atomic E-state index is 12.8. The first kappa shape index (κ1) is 20.3. The zero-order valence-corrected chi connectivity index (χ0v) is 16.1. The Morgan fingerprint density at radius 2 is 2.17 bits per heavy atom. The second kappa shape index (κ2) is 8.31. The number of nitrogens with one attached hydrogen (secondary N) is 2. The predicted molar refractivity (Wildman–Crippen MR) is 101 cm³/mol. The van der Waals surface area contributed by atoms with Crippen molar-refractivity contribution in [3.63, 3.8) is 0 Å². The number of urea groups is 1. The van der Waals surface area contributed by atoms with Crippen LogP contribution in [0.2, 0.25) is 0 Å². The first-order valence-corrected chi connectivity index (χ1v) is 9.45. The molecule has 0 aromatic heterocycles. The van der Waals surface area contributed by atoms with Crippen LogP contribution in [0.3, 0.4) is 0 Å². The zero-order chi connectivity index (χ0) is 21.0. The lowest BCUT2D eigenvalue weighted by molar-refractivity contribution is -0.150. The minimum Gasteiger partial charge on any atom is -0.454 e. The Morgan fingerprint density at radius 1 is 1.38 bits per heavy atom. The predicted octanol–water partition coefficient (Wildman–Crippen LogP) is 1.54. The van der Waals surface area contributed by atoms with E-state index in [0.717, 1.165) is 24.2 Å². The average molecular weight is 398 g/mol. The summed E-state index contributed by atoms with van der Waals surface area (Å²) in [6.45, 7) is 0.807. The molecule has 152 valence electrons. The van der Waals surface area contributed by atoms with Crippen molar-refractivity contribution in [2.24, 2.45) is 5.92 Å². The van der Waals surface area contributed by atoms with Gasteiger partial charge in [0.1, 0.15) is 12.1 Å². The van der Waals surface area contributed by atoms with Crippen molar-refractivity contribution >= 4 is 29.5 Å². The largest absolute Gasteiger partial charge is 0.454 e. The van der Waals surface area contributed by atoms with Gasteiger partial charge < -0.3 is 15.4 Å². The fourth-order valence-corrected chi connectivity index (χ4v) is 3.82. The van der Waals surface area contributed by atoms with Crippen molar-refractivity contribution in [2.45, 2.75) is 38.1 Å². The highest BCUT2D eigenvalue weighted by Gasteiger charge is 2.55. The summed E-state index contributed by atoms with van der Waals surface area (Å²) in [6.07, 6.45) is 3.22. The summed E-state index contributed by atoms with van der Waals surface area (Å²) >= 11 is 0. The smallest absolute Gasteiger partial charge is 0.326 e. The van der Waals surface area contributed by atoms with Gasteiger partial charge in [-0.3, -0.25) is 19.3 Å². The number of carbonyl (C=O) groups excluding carboxylic acids is 4. The number of rotatable bonds is 5. The lowest BCUT2D eigenvalue weighted by Gasteiger charge is -2.36. The number of nitriles is 1. The number of imide groups is 1. The van der Waals surface area contributed by atoms with Crippen LogP contribution in [0.25, 0.3) is 0 Å². The Hall–Kier alpha value is -3.41. The summed E-state index contributed by atoms with van der Waals surface area (Å²) in [5.41, 5.74) is -0.171. The van der Waals surface area contributed by atoms with Crippen molar-refractivity contribution in [3.05, 3.63) is 29.8 Å². The van der Waals surface area contributed by atoms with E-state index in [1.807, 2.05) is 13.0 Å². The summed E-state index contributed by atoms with van der Waals surface area (Å²) in [6, 6.07) is 7.62. The average Bonchev–Trinajstić information content (AvgIpc) is 2.94. The number of hydrogen-bond acceptors (Lipinski definition) is 6. The van der Waals surface area contributed by atoms with Crippen LogP contribution in [0.5, 0.6) is 0 Å². The van der Waals surface area contributed by atoms with E-state index in [2.05, 4.69) is 10.6 Å². The van der Waals surface area contributed by atoms with Gasteiger partial charge in [-0.25, -0.2) is 4.79 Å². The molecular formula is C20H22N4O5. The van der Waals surface area contributed by atoms with Crippen LogP contribution in [-0.4, -0.2) is 47.4 Å². The van der Waals surface area contributed by atoms with Gasteiger partial charge in [0, 0.05) is 5.69 Å². The number of anilines is 1. The van der Waals surface area contributed by atoms with Crippen LogP contribution in [0.15, 0.2) is 24.3 Å². The first-order valence-electron chi connectivity index (χ1n) is 9.45. The van der Waals surface area contributed by atoms with E-state index in [1.165, 1.54) is 6.07 Å². The fraction of sp³-hybridized carbons (Fsp3) is 0.450. The van der Waals surface area contributed by atoms with Gasteiger partial charge in [-0.2, -0.15) is 5.26 Å². The number of benzene rings is 1. The SMILES string of the molecule is C[C@@H]1CCCC[C@@]12NC(=O)N(CC(=O)OCC(=O)Nc1cccc(C#N)c1)C2=O. The third kappa shape index (κ3) is 4.21. The molecule has 29 heavy (non-hydrogen) atoms. The standard InChI is InChI=1S/C20H22N4O5/c1-13-5-2-3-8-20(13)18(27)24(19(28)23-20)11-17(26)29-12-16(25)22-15-7-4-6-14(9-15)10-21/h4,6-7,9,13H,2-3,5,8,11-12H2,1H3,(H,22,25)(H,23,28)/t13-,20-/m1/s1. The number of esters is 1. The summed E-state index contributed by atoms with van der Waals surface area (Å²) < 4.78 is 4.90. The maximum atomic E-state index is 12.8. The van der Waals surface area contributed by atoms with E-state index in [0.29, 0.717) is 17.7 Å². The Morgan fingerprint density at radius 3 is 2.90 bits per heavy atom. The van der Waals surface area contributed by atoms with Gasteiger partial charge in [0.05, 0.1) is 11.6 Å². The van der Waals surface area contributed by atoms with Gasteiger partial charge in [0.25, 0.3) is 11.8 Å². The number of amides is 4. The Labute approximate surface area is 168 Å². The molecule has 0 unspecified atom stereocenters. The molecule has 2 aliphatic rings. The molecule has 9 nitrogen and oxygen atoms in total. The van der Waals surface area contributed by atoms with Crippen molar-refractivity contribution in [2.75, 3.05) is 18.5 Å². The molecule has 1 aliphatic heterocycles. The van der Waals surface area contributed by atoms with Crippen LogP contribution in [-0.2, 0) is 19.1 Å². The molecule has 9 heteroatoms. The quantitative estimate of drug-likeness (QED) is 0.572. The molecule has 1 spiro atoms. The Kier molecular flexibility index (Phi) is 5.82. The van der Waals surface area contributed by atoms with E-state index >= 15 is 0 Å². The molecule has 1 saturated carbocycles. The van der Waals surface area contributed by atoms with Crippen molar-refractivity contribution in [1.82, 2.24) is 10.2 Å². The van der Waals surface area contributed by atoms with Crippen molar-refractivity contribution in [3.8, 4) is 6.07 Å². The summed E-state index contributed by atoms with van der Waals surface area (Å²) in [5, 5.41) is 14.1. The van der Waals surface area contributed by atoms with E-state index < -0.39 is 42.5 Å². The van der Waals surface area contributed by atoms with Crippen molar-refractivity contribution < 1.29 is 23.9 Å². The van der Waals surface area contributed by atoms with Gasteiger partial charge in [0.2, 0.25) is 0 Å². The second-order valence-electron chi connectivity index (χ2n) is 7.34. The van der Waals surface area contributed by atoms with Crippen LogP contribution in [0.4, 0.5) is 10.5 Å². The van der Waals surface area contributed by atoms with Gasteiger partial charge >= 0.3 is 12.0 Å². The van der Waals surface area contributed by atoms with Crippen molar-refractivity contribution in [1.29, 1.82) is 5.26 Å². The van der Waals surface area contributed by atoms with E-state index in [-0.39, 0.29) is 5.92 Å². The molecule has 3 rings (SSSR count). The van der Waals surface area contributed by atoms with Gasteiger partial charge in [-0.05, 0) is 37.0 Å². The normalized spacial score (nSPS) is 23.4. The van der Waals surface area contributed by atoms with Crippen LogP contribution >= 0.6 is 0 Å². The molecule has 2 N–H and O–H groups in total. The molecule has 0 radical (unpaired) electrons. The van der Waals surface area contributed by atoms with E-state index in [1.54, 1.807) is 18.2 Å². The third-order valence-electron chi connectivity index (χ3n) is 5.43. The molecular weight excluding hydrogens is 376 g/mol. The Bertz CT molecular complexity index is 893. The number of nitrogens with zero attached hydrogens (tertiary/aromatic N) is 2. The number of hydrogen-bond donors (Lipinski definition) is 2. The number of carbonyl (C=O) groups is 4. The molecule has 4 amide bonds. The summed E-state index contributed by atoms with van der Waals surface area (Å²) in [7, 11) is 0. The topological polar surface area (TPSA) is 129 Å². The highest BCUT2D eigenvalue weighted by molar-refractivity contribution is 6.09. The summed E-state index contributed by atoms with van der Waals surface area (Å²) in [4.78, 5) is 49.9. The van der Waals surface area contributed by atoms with Gasteiger partial charge in [0.15, 0.2) is 6.61 Å². The molecule has 2 atom stereocenters. The lowest BCUT2D eigenvalue weighted by atomic mass is 9.73. The highest BCUT2D eigenvalue weighted by atomic mass is 16.5. The monoisotopic (exact) mass is 398 g/mol. The first-order chi connectivity index (χ1) is 13.9. The molecule has 1 aromatic carbocycles. The minimum atomic E-state index is -0.946. The lowest BCUT2D eigenvalue weighted by Crippen LogP contribution is -2.54. The van der Waals surface area contributed by atoms with E-state index in [4.69, 9.17) is 10.00 Å². The second-order valence-corrected chi connectivity index (χ2v) is 7.34. The molecule has 1 aromatic rings. The van der Waals surface area contributed by atoms with Gasteiger partial charge in [-0.1, -0.05) is 25.8 Å².